The summed E-state index contributed by atoms with van der Waals surface area (Å²) in [6.45, 7) is 3.58. The molecule has 1 rings (SSSR count). The summed E-state index contributed by atoms with van der Waals surface area (Å²) in [5.74, 6) is 0.761. The Kier molecular flexibility index (Phi) is 3.64. The van der Waals surface area contributed by atoms with Gasteiger partial charge in [0.1, 0.15) is 0 Å². The first kappa shape index (κ1) is 8.79. The summed E-state index contributed by atoms with van der Waals surface area (Å²) in [5, 5.41) is 9.29. The second-order valence-corrected chi connectivity index (χ2v) is 3.54. The smallest absolute Gasteiger partial charge is 0.0720 e. The molecule has 0 aliphatic heterocycles. The molecule has 1 unspecified atom stereocenters. The number of aliphatic hydroxyl groups is 1. The predicted octanol–water partition coefficient (Wildman–Crippen LogP) is 2.50. The van der Waals surface area contributed by atoms with E-state index in [9.17, 15) is 5.11 Å². The van der Waals surface area contributed by atoms with Crippen LogP contribution in [0.3, 0.4) is 0 Å². The quantitative estimate of drug-likeness (QED) is 0.619. The average Bonchev–Trinajstić information content (AvgIpc) is 2.06. The molecule has 1 aliphatic rings. The van der Waals surface area contributed by atoms with Gasteiger partial charge in [-0.1, -0.05) is 38.2 Å². The van der Waals surface area contributed by atoms with Crippen molar-refractivity contribution in [2.24, 2.45) is 5.92 Å². The van der Waals surface area contributed by atoms with Crippen LogP contribution in [0, 0.1) is 5.92 Å². The van der Waals surface area contributed by atoms with Crippen molar-refractivity contribution in [3.05, 3.63) is 12.7 Å². The Hall–Kier alpha value is -0.300. The fourth-order valence-electron chi connectivity index (χ4n) is 1.86. The van der Waals surface area contributed by atoms with Gasteiger partial charge in [0.25, 0.3) is 0 Å². The van der Waals surface area contributed by atoms with E-state index in [1.54, 1.807) is 6.08 Å². The van der Waals surface area contributed by atoms with Crippen LogP contribution in [0.2, 0.25) is 0 Å². The Morgan fingerprint density at radius 1 is 1.36 bits per heavy atom. The predicted molar refractivity (Wildman–Crippen MR) is 47.4 cm³/mol. The van der Waals surface area contributed by atoms with Gasteiger partial charge in [-0.15, -0.1) is 6.58 Å². The molecule has 11 heavy (non-hydrogen) atoms. The van der Waals surface area contributed by atoms with Crippen molar-refractivity contribution in [2.45, 2.75) is 44.6 Å². The summed E-state index contributed by atoms with van der Waals surface area (Å²) in [6, 6.07) is 0. The number of hydrogen-bond donors (Lipinski definition) is 1. The average molecular weight is 154 g/mol. The van der Waals surface area contributed by atoms with Crippen molar-refractivity contribution in [3.63, 3.8) is 0 Å². The Morgan fingerprint density at radius 3 is 2.55 bits per heavy atom. The molecule has 0 amide bonds. The molecule has 1 aliphatic carbocycles. The van der Waals surface area contributed by atoms with Gasteiger partial charge in [0.2, 0.25) is 0 Å². The molecule has 0 radical (unpaired) electrons. The van der Waals surface area contributed by atoms with Crippen LogP contribution in [0.1, 0.15) is 38.5 Å². The van der Waals surface area contributed by atoms with Crippen LogP contribution in [0.4, 0.5) is 0 Å². The van der Waals surface area contributed by atoms with E-state index in [0.29, 0.717) is 0 Å². The summed E-state index contributed by atoms with van der Waals surface area (Å²) >= 11 is 0. The van der Waals surface area contributed by atoms with E-state index < -0.39 is 0 Å². The fraction of sp³-hybridized carbons (Fsp3) is 0.800. The topological polar surface area (TPSA) is 20.2 Å². The van der Waals surface area contributed by atoms with Crippen molar-refractivity contribution in [2.75, 3.05) is 0 Å². The lowest BCUT2D eigenvalue weighted by atomic mass is 9.85. The Morgan fingerprint density at radius 2 is 2.00 bits per heavy atom. The first-order valence-electron chi connectivity index (χ1n) is 4.63. The zero-order chi connectivity index (χ0) is 8.10. The highest BCUT2D eigenvalue weighted by Crippen LogP contribution is 2.27. The minimum atomic E-state index is -0.266. The minimum Gasteiger partial charge on any atom is -0.389 e. The third-order valence-electron chi connectivity index (χ3n) is 2.57. The lowest BCUT2D eigenvalue weighted by molar-refractivity contribution is 0.170. The van der Waals surface area contributed by atoms with Crippen LogP contribution < -0.4 is 0 Å². The zero-order valence-corrected chi connectivity index (χ0v) is 7.13. The van der Waals surface area contributed by atoms with E-state index >= 15 is 0 Å². The van der Waals surface area contributed by atoms with Gasteiger partial charge in [-0.3, -0.25) is 0 Å². The number of aliphatic hydroxyl groups excluding tert-OH is 1. The summed E-state index contributed by atoms with van der Waals surface area (Å²) < 4.78 is 0. The van der Waals surface area contributed by atoms with Crippen LogP contribution >= 0.6 is 0 Å². The van der Waals surface area contributed by atoms with Crippen LogP contribution in [0.5, 0.6) is 0 Å². The molecule has 0 heterocycles. The molecule has 0 aromatic rings. The standard InChI is InChI=1S/C10H18O/c1-2-10(11)8-9-6-4-3-5-7-9/h2,9-11H,1,3-8H2. The highest BCUT2D eigenvalue weighted by Gasteiger charge is 2.15. The summed E-state index contributed by atoms with van der Waals surface area (Å²) in [4.78, 5) is 0. The SMILES string of the molecule is C=CC(O)CC1CCCCC1. The third kappa shape index (κ3) is 3.06. The first-order valence-corrected chi connectivity index (χ1v) is 4.63. The maximum atomic E-state index is 9.29. The van der Waals surface area contributed by atoms with Crippen molar-refractivity contribution in [1.29, 1.82) is 0 Å². The van der Waals surface area contributed by atoms with Crippen molar-refractivity contribution >= 4 is 0 Å². The van der Waals surface area contributed by atoms with Gasteiger partial charge in [-0.25, -0.2) is 0 Å². The maximum Gasteiger partial charge on any atom is 0.0720 e. The molecule has 1 fully saturated rings. The fourth-order valence-corrected chi connectivity index (χ4v) is 1.86. The lowest BCUT2D eigenvalue weighted by Gasteiger charge is -2.22. The highest BCUT2D eigenvalue weighted by molar-refractivity contribution is 4.81. The molecule has 1 saturated carbocycles. The molecule has 0 spiro atoms. The molecule has 0 bridgehead atoms. The van der Waals surface area contributed by atoms with E-state index in [1.165, 1.54) is 32.1 Å². The summed E-state index contributed by atoms with van der Waals surface area (Å²) in [7, 11) is 0. The third-order valence-corrected chi connectivity index (χ3v) is 2.57. The first-order chi connectivity index (χ1) is 5.33. The molecule has 1 nitrogen and oxygen atoms in total. The van der Waals surface area contributed by atoms with Crippen molar-refractivity contribution in [3.8, 4) is 0 Å². The Labute approximate surface area is 69.1 Å². The van der Waals surface area contributed by atoms with Crippen molar-refractivity contribution in [1.82, 2.24) is 0 Å². The molecule has 0 aromatic heterocycles. The molecule has 64 valence electrons. The summed E-state index contributed by atoms with van der Waals surface area (Å²) in [5.41, 5.74) is 0. The van der Waals surface area contributed by atoms with Crippen LogP contribution in [0.25, 0.3) is 0 Å². The van der Waals surface area contributed by atoms with E-state index in [2.05, 4.69) is 6.58 Å². The van der Waals surface area contributed by atoms with Gasteiger partial charge < -0.3 is 5.11 Å². The molecule has 0 saturated heterocycles. The number of hydrogen-bond acceptors (Lipinski definition) is 1. The van der Waals surface area contributed by atoms with Gasteiger partial charge in [-0.05, 0) is 12.3 Å². The second kappa shape index (κ2) is 4.55. The maximum absolute atomic E-state index is 9.29. The van der Waals surface area contributed by atoms with Crippen LogP contribution in [-0.2, 0) is 0 Å². The van der Waals surface area contributed by atoms with Gasteiger partial charge in [0, 0.05) is 0 Å². The van der Waals surface area contributed by atoms with Gasteiger partial charge in [0.15, 0.2) is 0 Å². The molecule has 0 aromatic carbocycles. The van der Waals surface area contributed by atoms with Gasteiger partial charge in [0.05, 0.1) is 6.10 Å². The van der Waals surface area contributed by atoms with Crippen molar-refractivity contribution < 1.29 is 5.11 Å². The van der Waals surface area contributed by atoms with E-state index in [1.807, 2.05) is 0 Å². The molecule has 1 N–H and O–H groups in total. The largest absolute Gasteiger partial charge is 0.389 e. The molecular formula is C10H18O. The number of rotatable bonds is 3. The molecule has 1 atom stereocenters. The normalized spacial score (nSPS) is 23.0. The van der Waals surface area contributed by atoms with E-state index in [-0.39, 0.29) is 6.10 Å². The lowest BCUT2D eigenvalue weighted by Crippen LogP contribution is -2.13. The van der Waals surface area contributed by atoms with Gasteiger partial charge in [-0.2, -0.15) is 0 Å². The molecule has 1 heteroatoms. The summed E-state index contributed by atoms with van der Waals surface area (Å²) in [6.07, 6.45) is 9.04. The van der Waals surface area contributed by atoms with E-state index in [0.717, 1.165) is 12.3 Å². The van der Waals surface area contributed by atoms with E-state index in [4.69, 9.17) is 0 Å². The Balaban J connectivity index is 2.18. The highest BCUT2D eigenvalue weighted by atomic mass is 16.3. The van der Waals surface area contributed by atoms with Gasteiger partial charge >= 0.3 is 0 Å². The minimum absolute atomic E-state index is 0.266. The Bertz CT molecular complexity index is 114. The van der Waals surface area contributed by atoms with Crippen LogP contribution in [0.15, 0.2) is 12.7 Å². The monoisotopic (exact) mass is 154 g/mol. The van der Waals surface area contributed by atoms with Crippen LogP contribution in [-0.4, -0.2) is 11.2 Å². The second-order valence-electron chi connectivity index (χ2n) is 3.54. The zero-order valence-electron chi connectivity index (χ0n) is 7.13. The molecular weight excluding hydrogens is 136 g/mol.